The summed E-state index contributed by atoms with van der Waals surface area (Å²) < 4.78 is 18.2. The van der Waals surface area contributed by atoms with E-state index in [1.165, 1.54) is 0 Å². The first kappa shape index (κ1) is 24.0. The highest BCUT2D eigenvalue weighted by Gasteiger charge is 2.55. The second-order valence-electron chi connectivity index (χ2n) is 10.9. The molecule has 4 saturated carbocycles. The summed E-state index contributed by atoms with van der Waals surface area (Å²) in [6.45, 7) is 2.62. The number of aromatic nitrogens is 3. The fourth-order valence-corrected chi connectivity index (χ4v) is 7.19. The molecule has 4 aliphatic carbocycles. The molecule has 2 aromatic heterocycles. The number of pyridine rings is 1. The molecular weight excluding hydrogens is 472 g/mol. The lowest BCUT2D eigenvalue weighted by molar-refractivity contribution is -0.129. The number of esters is 1. The molecule has 0 radical (unpaired) electrons. The van der Waals surface area contributed by atoms with Crippen molar-refractivity contribution < 1.29 is 24.1 Å². The van der Waals surface area contributed by atoms with E-state index in [-0.39, 0.29) is 12.6 Å². The molecule has 196 valence electrons. The van der Waals surface area contributed by atoms with E-state index in [2.05, 4.69) is 10.3 Å². The fraction of sp³-hybridized carbons (Fsp3) is 0.536. The van der Waals surface area contributed by atoms with Crippen LogP contribution in [0, 0.1) is 17.8 Å². The number of carbonyl (C=O) groups excluding carboxylic acids is 1. The summed E-state index contributed by atoms with van der Waals surface area (Å²) in [5.74, 6) is 2.28. The van der Waals surface area contributed by atoms with Gasteiger partial charge in [-0.05, 0) is 74.5 Å². The molecule has 7 rings (SSSR count). The van der Waals surface area contributed by atoms with Gasteiger partial charge in [0.15, 0.2) is 17.1 Å². The summed E-state index contributed by atoms with van der Waals surface area (Å²) in [5.41, 5.74) is 2.91. The van der Waals surface area contributed by atoms with E-state index in [1.807, 2.05) is 22.8 Å². The van der Waals surface area contributed by atoms with Gasteiger partial charge >= 0.3 is 5.97 Å². The first-order valence-corrected chi connectivity index (χ1v) is 13.1. The van der Waals surface area contributed by atoms with Gasteiger partial charge in [0.25, 0.3) is 0 Å². The van der Waals surface area contributed by atoms with Crippen molar-refractivity contribution in [3.05, 3.63) is 41.9 Å². The Morgan fingerprint density at radius 3 is 2.57 bits per heavy atom. The Kier molecular flexibility index (Phi) is 5.98. The van der Waals surface area contributed by atoms with Gasteiger partial charge in [-0.1, -0.05) is 6.07 Å². The average molecular weight is 507 g/mol. The number of methoxy groups -OCH3 is 2. The molecule has 0 aliphatic heterocycles. The van der Waals surface area contributed by atoms with Gasteiger partial charge < -0.3 is 29.2 Å². The Labute approximate surface area is 216 Å². The van der Waals surface area contributed by atoms with Gasteiger partial charge in [-0.25, -0.2) is 14.8 Å². The van der Waals surface area contributed by atoms with Crippen molar-refractivity contribution in [2.24, 2.45) is 17.8 Å². The highest BCUT2D eigenvalue weighted by molar-refractivity contribution is 6.03. The largest absolute Gasteiger partial charge is 0.493 e. The van der Waals surface area contributed by atoms with E-state index in [1.54, 1.807) is 33.7 Å². The van der Waals surface area contributed by atoms with Crippen molar-refractivity contribution in [1.29, 1.82) is 0 Å². The minimum Gasteiger partial charge on any atom is -0.493 e. The number of benzene rings is 1. The minimum absolute atomic E-state index is 0.187. The number of hydrogen-bond donors (Lipinski definition) is 2. The lowest BCUT2D eigenvalue weighted by Crippen LogP contribution is -2.59. The van der Waals surface area contributed by atoms with Gasteiger partial charge in [0.2, 0.25) is 0 Å². The van der Waals surface area contributed by atoms with Crippen LogP contribution in [0.2, 0.25) is 0 Å². The van der Waals surface area contributed by atoms with Gasteiger partial charge in [-0.3, -0.25) is 0 Å². The van der Waals surface area contributed by atoms with Gasteiger partial charge in [0, 0.05) is 12.2 Å². The minimum atomic E-state index is -0.521. The number of ether oxygens (including phenoxy) is 3. The highest BCUT2D eigenvalue weighted by Crippen LogP contribution is 2.56. The number of anilines is 1. The average Bonchev–Trinajstić information content (AvgIpc) is 3.28. The molecule has 3 aromatic rings. The SMILES string of the molecule is CCOC(=O)c1cnc2c(ncn2Cc2ccc(OC)c(OC)c2)c1NC1C2CC3CC1CC(O)(C3)C2. The maximum Gasteiger partial charge on any atom is 0.341 e. The summed E-state index contributed by atoms with van der Waals surface area (Å²) in [6, 6.07) is 5.99. The smallest absolute Gasteiger partial charge is 0.341 e. The van der Waals surface area contributed by atoms with Gasteiger partial charge in [-0.15, -0.1) is 0 Å². The van der Waals surface area contributed by atoms with Crippen molar-refractivity contribution >= 4 is 22.8 Å². The number of rotatable bonds is 8. The number of carbonyl (C=O) groups is 1. The third-order valence-electron chi connectivity index (χ3n) is 8.48. The Hall–Kier alpha value is -3.33. The maximum atomic E-state index is 12.9. The normalized spacial score (nSPS) is 27.9. The standard InChI is InChI=1S/C28H34N4O5/c1-4-37-27(33)20-13-29-26-25(30-15-32(26)14-16-5-6-21(35-2)22(9-16)36-3)24(20)31-23-18-7-17-8-19(23)12-28(34,10-17)11-18/h5-6,9,13,15,17-19,23,34H,4,7-8,10-12,14H2,1-3H3,(H,29,31). The monoisotopic (exact) mass is 506 g/mol. The van der Waals surface area contributed by atoms with E-state index in [0.29, 0.717) is 58.2 Å². The quantitative estimate of drug-likeness (QED) is 0.441. The third-order valence-corrected chi connectivity index (χ3v) is 8.48. The summed E-state index contributed by atoms with van der Waals surface area (Å²) in [6.07, 6.45) is 8.15. The summed E-state index contributed by atoms with van der Waals surface area (Å²) >= 11 is 0. The second-order valence-corrected chi connectivity index (χ2v) is 10.9. The Bertz CT molecular complexity index is 1320. The van der Waals surface area contributed by atoms with Gasteiger partial charge in [0.1, 0.15) is 11.1 Å². The summed E-state index contributed by atoms with van der Waals surface area (Å²) in [4.78, 5) is 22.3. The first-order valence-electron chi connectivity index (χ1n) is 13.1. The maximum absolute atomic E-state index is 12.9. The Balaban J connectivity index is 1.36. The number of aliphatic hydroxyl groups is 1. The van der Waals surface area contributed by atoms with Crippen LogP contribution in [0.4, 0.5) is 5.69 Å². The zero-order valence-electron chi connectivity index (χ0n) is 21.6. The molecule has 4 aliphatic rings. The Morgan fingerprint density at radius 1 is 1.14 bits per heavy atom. The third kappa shape index (κ3) is 4.19. The van der Waals surface area contributed by atoms with Crippen LogP contribution in [-0.2, 0) is 11.3 Å². The van der Waals surface area contributed by atoms with Crippen LogP contribution in [0.5, 0.6) is 11.5 Å². The molecule has 0 amide bonds. The van der Waals surface area contributed by atoms with Crippen molar-refractivity contribution in [2.45, 2.75) is 57.2 Å². The second kappa shape index (κ2) is 9.20. The molecule has 0 spiro atoms. The molecule has 9 nitrogen and oxygen atoms in total. The number of nitrogens with one attached hydrogen (secondary N) is 1. The van der Waals surface area contributed by atoms with E-state index in [4.69, 9.17) is 19.2 Å². The number of fused-ring (bicyclic) bond motifs is 1. The van der Waals surface area contributed by atoms with E-state index >= 15 is 0 Å². The van der Waals surface area contributed by atoms with Crippen LogP contribution in [-0.4, -0.2) is 58.1 Å². The predicted octanol–water partition coefficient (Wildman–Crippen LogP) is 4.03. The predicted molar refractivity (Wildman–Crippen MR) is 138 cm³/mol. The zero-order valence-corrected chi connectivity index (χ0v) is 21.6. The molecule has 4 bridgehead atoms. The van der Waals surface area contributed by atoms with Crippen LogP contribution in [0.25, 0.3) is 11.2 Å². The van der Waals surface area contributed by atoms with E-state index in [0.717, 1.165) is 37.7 Å². The fourth-order valence-electron chi connectivity index (χ4n) is 7.19. The van der Waals surface area contributed by atoms with E-state index in [9.17, 15) is 9.90 Å². The Morgan fingerprint density at radius 2 is 1.89 bits per heavy atom. The van der Waals surface area contributed by atoms with Crippen LogP contribution in [0.15, 0.2) is 30.7 Å². The molecule has 2 atom stereocenters. The molecule has 1 aromatic carbocycles. The molecular formula is C28H34N4O5. The zero-order chi connectivity index (χ0) is 25.7. The highest BCUT2D eigenvalue weighted by atomic mass is 16.5. The molecule has 9 heteroatoms. The van der Waals surface area contributed by atoms with Crippen molar-refractivity contribution in [3.8, 4) is 11.5 Å². The van der Waals surface area contributed by atoms with Crippen LogP contribution >= 0.6 is 0 Å². The number of imidazole rings is 1. The lowest BCUT2D eigenvalue weighted by Gasteiger charge is -2.58. The molecule has 2 heterocycles. The van der Waals surface area contributed by atoms with Crippen molar-refractivity contribution in [1.82, 2.24) is 14.5 Å². The van der Waals surface area contributed by atoms with Crippen LogP contribution in [0.1, 0.15) is 54.9 Å². The molecule has 2 unspecified atom stereocenters. The van der Waals surface area contributed by atoms with Crippen molar-refractivity contribution in [2.75, 3.05) is 26.1 Å². The molecule has 4 fully saturated rings. The number of nitrogens with zero attached hydrogens (tertiary/aromatic N) is 3. The topological polar surface area (TPSA) is 108 Å². The first-order chi connectivity index (χ1) is 17.9. The van der Waals surface area contributed by atoms with E-state index < -0.39 is 11.6 Å². The molecule has 2 N–H and O–H groups in total. The molecule has 37 heavy (non-hydrogen) atoms. The van der Waals surface area contributed by atoms with Crippen LogP contribution < -0.4 is 14.8 Å². The lowest BCUT2D eigenvalue weighted by atomic mass is 9.52. The van der Waals surface area contributed by atoms with Crippen molar-refractivity contribution in [3.63, 3.8) is 0 Å². The summed E-state index contributed by atoms with van der Waals surface area (Å²) in [5, 5.41) is 14.8. The number of hydrogen-bond acceptors (Lipinski definition) is 8. The summed E-state index contributed by atoms with van der Waals surface area (Å²) in [7, 11) is 3.23. The molecule has 0 saturated heterocycles. The van der Waals surface area contributed by atoms with Gasteiger partial charge in [-0.2, -0.15) is 0 Å². The van der Waals surface area contributed by atoms with Crippen LogP contribution in [0.3, 0.4) is 0 Å². The van der Waals surface area contributed by atoms with Gasteiger partial charge in [0.05, 0.1) is 45.0 Å².